The van der Waals surface area contributed by atoms with Crippen LogP contribution in [-0.2, 0) is 4.79 Å². The number of hydrogen-bond donors (Lipinski definition) is 2. The van der Waals surface area contributed by atoms with Gasteiger partial charge in [-0.3, -0.25) is 4.79 Å². The quantitative estimate of drug-likeness (QED) is 0.831. The summed E-state index contributed by atoms with van der Waals surface area (Å²) in [5.41, 5.74) is 0. The van der Waals surface area contributed by atoms with E-state index in [-0.39, 0.29) is 18.4 Å². The summed E-state index contributed by atoms with van der Waals surface area (Å²) in [6.07, 6.45) is 0.0221. The second kappa shape index (κ2) is 5.01. The second-order valence-corrected chi connectivity index (χ2v) is 4.67. The summed E-state index contributed by atoms with van der Waals surface area (Å²) in [7, 11) is 0. The van der Waals surface area contributed by atoms with E-state index in [1.807, 2.05) is 6.92 Å². The average Bonchev–Trinajstić information content (AvgIpc) is 2.31. The van der Waals surface area contributed by atoms with Crippen molar-refractivity contribution in [2.45, 2.75) is 19.4 Å². The van der Waals surface area contributed by atoms with Crippen molar-refractivity contribution in [3.8, 4) is 5.75 Å². The van der Waals surface area contributed by atoms with Crippen molar-refractivity contribution in [3.63, 3.8) is 0 Å². The number of aliphatic hydroxyl groups is 1. The molecular weight excluding hydrogens is 288 g/mol. The molecule has 6 heteroatoms. The zero-order chi connectivity index (χ0) is 12.4. The van der Waals surface area contributed by atoms with Gasteiger partial charge in [0, 0.05) is 12.5 Å². The van der Waals surface area contributed by atoms with E-state index < -0.39 is 6.10 Å². The monoisotopic (exact) mass is 300 g/mol. The van der Waals surface area contributed by atoms with E-state index in [9.17, 15) is 9.90 Å². The third-order valence-electron chi connectivity index (χ3n) is 2.77. The van der Waals surface area contributed by atoms with E-state index in [1.54, 1.807) is 12.1 Å². The number of fused-ring (bicyclic) bond motifs is 1. The van der Waals surface area contributed by atoms with Crippen molar-refractivity contribution in [2.75, 3.05) is 11.9 Å². The van der Waals surface area contributed by atoms with Gasteiger partial charge in [0.05, 0.1) is 0 Å². The van der Waals surface area contributed by atoms with Gasteiger partial charge in [-0.05, 0) is 34.5 Å². The summed E-state index contributed by atoms with van der Waals surface area (Å²) in [6.45, 7) is 1.83. The molecule has 0 fully saturated rings. The number of carbonyl (C=O) groups is 1. The Bertz CT molecular complexity index is 435. The highest BCUT2D eigenvalue weighted by Crippen LogP contribution is 2.31. The van der Waals surface area contributed by atoms with E-state index >= 15 is 0 Å². The van der Waals surface area contributed by atoms with Gasteiger partial charge in [0.1, 0.15) is 4.60 Å². The highest BCUT2D eigenvalue weighted by Gasteiger charge is 2.34. The molecular formula is C11H13BrN2O3. The molecule has 2 unspecified atom stereocenters. The molecule has 2 N–H and O–H groups in total. The van der Waals surface area contributed by atoms with Gasteiger partial charge in [-0.15, -0.1) is 0 Å². The van der Waals surface area contributed by atoms with Crippen molar-refractivity contribution in [1.29, 1.82) is 0 Å². The third kappa shape index (κ3) is 2.42. The summed E-state index contributed by atoms with van der Waals surface area (Å²) in [6, 6.07) is 3.48. The van der Waals surface area contributed by atoms with E-state index in [4.69, 9.17) is 4.74 Å². The van der Waals surface area contributed by atoms with Crippen molar-refractivity contribution in [3.05, 3.63) is 16.7 Å². The molecule has 1 aromatic rings. The summed E-state index contributed by atoms with van der Waals surface area (Å²) in [4.78, 5) is 15.9. The van der Waals surface area contributed by atoms with Gasteiger partial charge in [-0.25, -0.2) is 4.98 Å². The fraction of sp³-hybridized carbons (Fsp3) is 0.455. The van der Waals surface area contributed by atoms with Crippen LogP contribution < -0.4 is 10.1 Å². The van der Waals surface area contributed by atoms with Crippen LogP contribution in [0, 0.1) is 5.92 Å². The van der Waals surface area contributed by atoms with Crippen LogP contribution in [0.25, 0.3) is 0 Å². The zero-order valence-corrected chi connectivity index (χ0v) is 10.9. The van der Waals surface area contributed by atoms with Crippen LogP contribution in [0.2, 0.25) is 0 Å². The van der Waals surface area contributed by atoms with Crippen LogP contribution in [0.5, 0.6) is 5.75 Å². The van der Waals surface area contributed by atoms with Crippen LogP contribution in [0.3, 0.4) is 0 Å². The number of halogens is 1. The van der Waals surface area contributed by atoms with Gasteiger partial charge in [0.25, 0.3) is 5.91 Å². The molecule has 1 amide bonds. The van der Waals surface area contributed by atoms with Crippen LogP contribution >= 0.6 is 15.9 Å². The molecule has 17 heavy (non-hydrogen) atoms. The molecule has 1 aliphatic heterocycles. The first-order valence-corrected chi connectivity index (χ1v) is 6.20. The predicted octanol–water partition coefficient (Wildman–Crippen LogP) is 1.56. The lowest BCUT2D eigenvalue weighted by Gasteiger charge is -2.29. The second-order valence-electron chi connectivity index (χ2n) is 3.86. The number of hydrogen-bond acceptors (Lipinski definition) is 4. The standard InChI is InChI=1S/C11H13BrN2O3/c1-2-6(5-15)9-11(16)14-10-7(17-9)3-4-8(12)13-10/h3-4,6,9,15H,2,5H2,1H3,(H,13,14,16). The normalized spacial score (nSPS) is 20.2. The fourth-order valence-electron chi connectivity index (χ4n) is 1.73. The first kappa shape index (κ1) is 12.3. The number of aromatic nitrogens is 1. The van der Waals surface area contributed by atoms with Crippen molar-refractivity contribution >= 4 is 27.7 Å². The summed E-state index contributed by atoms with van der Waals surface area (Å²) in [5.74, 6) is 0.480. The molecule has 0 radical (unpaired) electrons. The molecule has 0 spiro atoms. The minimum Gasteiger partial charge on any atom is -0.476 e. The molecule has 5 nitrogen and oxygen atoms in total. The summed E-state index contributed by atoms with van der Waals surface area (Å²) in [5, 5.41) is 11.9. The molecule has 0 saturated carbocycles. The lowest BCUT2D eigenvalue weighted by Crippen LogP contribution is -2.43. The van der Waals surface area contributed by atoms with Crippen LogP contribution in [-0.4, -0.2) is 28.7 Å². The Labute approximate surface area is 107 Å². The predicted molar refractivity (Wildman–Crippen MR) is 65.8 cm³/mol. The lowest BCUT2D eigenvalue weighted by atomic mass is 9.99. The Morgan fingerprint density at radius 3 is 3.06 bits per heavy atom. The van der Waals surface area contributed by atoms with Gasteiger partial charge < -0.3 is 15.2 Å². The fourth-order valence-corrected chi connectivity index (χ4v) is 2.04. The van der Waals surface area contributed by atoms with E-state index in [1.165, 1.54) is 0 Å². The van der Waals surface area contributed by atoms with Gasteiger partial charge in [-0.1, -0.05) is 6.92 Å². The number of amides is 1. The van der Waals surface area contributed by atoms with E-state index in [2.05, 4.69) is 26.2 Å². The first-order valence-electron chi connectivity index (χ1n) is 5.40. The van der Waals surface area contributed by atoms with Crippen LogP contribution in [0.4, 0.5) is 5.82 Å². The number of pyridine rings is 1. The zero-order valence-electron chi connectivity index (χ0n) is 9.31. The number of nitrogens with zero attached hydrogens (tertiary/aromatic N) is 1. The number of rotatable bonds is 3. The van der Waals surface area contributed by atoms with Gasteiger partial charge in [0.2, 0.25) is 0 Å². The molecule has 1 aliphatic rings. The molecule has 0 aromatic carbocycles. The number of ether oxygens (including phenoxy) is 1. The van der Waals surface area contributed by atoms with Crippen molar-refractivity contribution in [1.82, 2.24) is 4.98 Å². The minimum atomic E-state index is -0.652. The van der Waals surface area contributed by atoms with Crippen molar-refractivity contribution < 1.29 is 14.6 Å². The molecule has 0 aliphatic carbocycles. The molecule has 92 valence electrons. The number of anilines is 1. The Morgan fingerprint density at radius 1 is 1.65 bits per heavy atom. The third-order valence-corrected chi connectivity index (χ3v) is 3.21. The molecule has 2 rings (SSSR count). The topological polar surface area (TPSA) is 71.5 Å². The number of carbonyl (C=O) groups excluding carboxylic acids is 1. The maximum atomic E-state index is 11.8. The largest absolute Gasteiger partial charge is 0.476 e. The molecule has 1 aromatic heterocycles. The lowest BCUT2D eigenvalue weighted by molar-refractivity contribution is -0.126. The molecule has 0 saturated heterocycles. The highest BCUT2D eigenvalue weighted by atomic mass is 79.9. The number of aliphatic hydroxyl groups excluding tert-OH is 1. The molecule has 2 atom stereocenters. The Morgan fingerprint density at radius 2 is 2.41 bits per heavy atom. The van der Waals surface area contributed by atoms with E-state index in [0.29, 0.717) is 22.6 Å². The Hall–Kier alpha value is -1.14. The molecule has 0 bridgehead atoms. The average molecular weight is 301 g/mol. The maximum absolute atomic E-state index is 11.8. The minimum absolute atomic E-state index is 0.0755. The summed E-state index contributed by atoms with van der Waals surface area (Å²) >= 11 is 3.22. The van der Waals surface area contributed by atoms with Crippen molar-refractivity contribution in [2.24, 2.45) is 5.92 Å². The SMILES string of the molecule is CCC(CO)C1Oc2ccc(Br)nc2NC1=O. The molecule has 2 heterocycles. The first-order chi connectivity index (χ1) is 8.15. The van der Waals surface area contributed by atoms with Crippen LogP contribution in [0.15, 0.2) is 16.7 Å². The van der Waals surface area contributed by atoms with E-state index in [0.717, 1.165) is 0 Å². The number of nitrogens with one attached hydrogen (secondary N) is 1. The van der Waals surface area contributed by atoms with Gasteiger partial charge >= 0.3 is 0 Å². The Kier molecular flexibility index (Phi) is 3.63. The van der Waals surface area contributed by atoms with Crippen LogP contribution in [0.1, 0.15) is 13.3 Å². The smallest absolute Gasteiger partial charge is 0.267 e. The summed E-state index contributed by atoms with van der Waals surface area (Å²) < 4.78 is 6.22. The van der Waals surface area contributed by atoms with Gasteiger partial charge in [-0.2, -0.15) is 0 Å². The Balaban J connectivity index is 2.26. The van der Waals surface area contributed by atoms with Gasteiger partial charge in [0.15, 0.2) is 17.7 Å². The highest BCUT2D eigenvalue weighted by molar-refractivity contribution is 9.10. The maximum Gasteiger partial charge on any atom is 0.267 e.